The molecule has 8 nitrogen and oxygen atoms in total. The quantitative estimate of drug-likeness (QED) is 0.598. The van der Waals surface area contributed by atoms with Crippen LogP contribution in [0.4, 0.5) is 5.82 Å². The molecule has 0 atom stereocenters. The summed E-state index contributed by atoms with van der Waals surface area (Å²) in [5.41, 5.74) is 2.09. The average molecular weight is 409 g/mol. The van der Waals surface area contributed by atoms with E-state index in [0.717, 1.165) is 67.8 Å². The van der Waals surface area contributed by atoms with E-state index in [1.54, 1.807) is 7.11 Å². The third-order valence-corrected chi connectivity index (χ3v) is 5.61. The number of ether oxygens (including phenoxy) is 1. The molecule has 1 aliphatic rings. The number of nitrogens with one attached hydrogen (secondary N) is 1. The maximum absolute atomic E-state index is 12.4. The van der Waals surface area contributed by atoms with E-state index < -0.39 is 0 Å². The molecule has 1 N–H and O–H groups in total. The fourth-order valence-corrected chi connectivity index (χ4v) is 3.84. The van der Waals surface area contributed by atoms with E-state index in [0.29, 0.717) is 11.4 Å². The molecular weight excluding hydrogens is 382 g/mol. The molecule has 4 rings (SSSR count). The number of nitrogens with zero attached hydrogens (tertiary/aromatic N) is 4. The summed E-state index contributed by atoms with van der Waals surface area (Å²) >= 11 is 0. The van der Waals surface area contributed by atoms with Gasteiger partial charge in [-0.2, -0.15) is 4.98 Å². The van der Waals surface area contributed by atoms with Gasteiger partial charge >= 0.3 is 0 Å². The Hall–Kier alpha value is -3.16. The number of carbonyl (C=O) groups excluding carboxylic acids is 1. The molecule has 3 aromatic rings. The van der Waals surface area contributed by atoms with Gasteiger partial charge in [-0.05, 0) is 43.5 Å². The van der Waals surface area contributed by atoms with Crippen LogP contribution in [0.5, 0.6) is 5.75 Å². The predicted molar refractivity (Wildman–Crippen MR) is 114 cm³/mol. The van der Waals surface area contributed by atoms with Gasteiger partial charge in [-0.3, -0.25) is 4.79 Å². The number of aromatic nitrogens is 3. The van der Waals surface area contributed by atoms with Crippen LogP contribution in [-0.2, 0) is 4.79 Å². The maximum atomic E-state index is 12.4. The van der Waals surface area contributed by atoms with Crippen molar-refractivity contribution in [1.29, 1.82) is 0 Å². The standard InChI is InChI=1S/C22H27N5O3/c1-3-4-11-23-21(28)16-9-12-27(13-10-16)20-18-19(26-30-22(18)25-14-24-20)15-5-7-17(29-2)8-6-15/h5-8,14,16H,3-4,9-13H2,1-2H3,(H,23,28). The van der Waals surface area contributed by atoms with Crippen LogP contribution in [0.3, 0.4) is 0 Å². The van der Waals surface area contributed by atoms with Crippen LogP contribution >= 0.6 is 0 Å². The minimum Gasteiger partial charge on any atom is -0.497 e. The Morgan fingerprint density at radius 3 is 2.70 bits per heavy atom. The van der Waals surface area contributed by atoms with Crippen molar-refractivity contribution < 1.29 is 14.1 Å². The van der Waals surface area contributed by atoms with Crippen LogP contribution in [0.25, 0.3) is 22.4 Å². The number of methoxy groups -OCH3 is 1. The van der Waals surface area contributed by atoms with E-state index in [2.05, 4.69) is 32.3 Å². The first-order chi connectivity index (χ1) is 14.7. The Balaban J connectivity index is 1.54. The summed E-state index contributed by atoms with van der Waals surface area (Å²) in [6, 6.07) is 7.67. The number of rotatable bonds is 7. The van der Waals surface area contributed by atoms with Gasteiger partial charge < -0.3 is 19.5 Å². The predicted octanol–water partition coefficient (Wildman–Crippen LogP) is 3.43. The van der Waals surface area contributed by atoms with Crippen molar-refractivity contribution in [1.82, 2.24) is 20.4 Å². The molecule has 1 fully saturated rings. The summed E-state index contributed by atoms with van der Waals surface area (Å²) in [6.45, 7) is 4.39. The zero-order valence-electron chi connectivity index (χ0n) is 17.4. The topological polar surface area (TPSA) is 93.4 Å². The lowest BCUT2D eigenvalue weighted by Gasteiger charge is -2.32. The van der Waals surface area contributed by atoms with E-state index in [-0.39, 0.29) is 11.8 Å². The van der Waals surface area contributed by atoms with Gasteiger partial charge in [0, 0.05) is 31.1 Å². The third kappa shape index (κ3) is 4.08. The lowest BCUT2D eigenvalue weighted by molar-refractivity contribution is -0.125. The van der Waals surface area contributed by atoms with E-state index in [4.69, 9.17) is 9.26 Å². The largest absolute Gasteiger partial charge is 0.497 e. The van der Waals surface area contributed by atoms with E-state index in [1.165, 1.54) is 6.33 Å². The molecule has 0 aliphatic carbocycles. The Morgan fingerprint density at radius 1 is 1.23 bits per heavy atom. The number of hydrogen-bond acceptors (Lipinski definition) is 7. The Kier molecular flexibility index (Phi) is 6.11. The fraction of sp³-hybridized carbons (Fsp3) is 0.455. The molecule has 0 spiro atoms. The molecule has 0 bridgehead atoms. The highest BCUT2D eigenvalue weighted by Crippen LogP contribution is 2.35. The molecule has 0 saturated carbocycles. The summed E-state index contributed by atoms with van der Waals surface area (Å²) in [7, 11) is 1.64. The second kappa shape index (κ2) is 9.11. The van der Waals surface area contributed by atoms with Crippen LogP contribution in [-0.4, -0.2) is 47.8 Å². The number of amides is 1. The molecule has 8 heteroatoms. The Labute approximate surface area is 175 Å². The molecule has 1 saturated heterocycles. The van der Waals surface area contributed by atoms with Crippen LogP contribution in [0.1, 0.15) is 32.6 Å². The van der Waals surface area contributed by atoms with Gasteiger partial charge in [-0.15, -0.1) is 0 Å². The lowest BCUT2D eigenvalue weighted by Crippen LogP contribution is -2.41. The number of fused-ring (bicyclic) bond motifs is 1. The summed E-state index contributed by atoms with van der Waals surface area (Å²) in [5, 5.41) is 8.11. The van der Waals surface area contributed by atoms with Crippen LogP contribution in [0, 0.1) is 5.92 Å². The summed E-state index contributed by atoms with van der Waals surface area (Å²) < 4.78 is 10.7. The summed E-state index contributed by atoms with van der Waals surface area (Å²) in [4.78, 5) is 23.4. The highest BCUT2D eigenvalue weighted by atomic mass is 16.5. The first kappa shape index (κ1) is 20.1. The smallest absolute Gasteiger partial charge is 0.263 e. The van der Waals surface area contributed by atoms with Crippen molar-refractivity contribution in [2.75, 3.05) is 31.6 Å². The number of unbranched alkanes of at least 4 members (excludes halogenated alkanes) is 1. The van der Waals surface area contributed by atoms with E-state index in [1.807, 2.05) is 24.3 Å². The van der Waals surface area contributed by atoms with Gasteiger partial charge in [0.2, 0.25) is 5.91 Å². The van der Waals surface area contributed by atoms with Crippen molar-refractivity contribution in [2.24, 2.45) is 5.92 Å². The molecule has 2 aromatic heterocycles. The Bertz CT molecular complexity index is 994. The summed E-state index contributed by atoms with van der Waals surface area (Å²) in [5.74, 6) is 1.80. The van der Waals surface area contributed by atoms with E-state index in [9.17, 15) is 4.79 Å². The molecule has 0 radical (unpaired) electrons. The minimum atomic E-state index is 0.0546. The van der Waals surface area contributed by atoms with Gasteiger partial charge in [0.1, 0.15) is 29.0 Å². The van der Waals surface area contributed by atoms with Gasteiger partial charge in [0.15, 0.2) is 0 Å². The lowest BCUT2D eigenvalue weighted by atomic mass is 9.95. The van der Waals surface area contributed by atoms with E-state index >= 15 is 0 Å². The van der Waals surface area contributed by atoms with Crippen molar-refractivity contribution in [3.63, 3.8) is 0 Å². The highest BCUT2D eigenvalue weighted by Gasteiger charge is 2.28. The molecule has 1 amide bonds. The summed E-state index contributed by atoms with van der Waals surface area (Å²) in [6.07, 6.45) is 5.20. The second-order valence-corrected chi connectivity index (χ2v) is 7.54. The molecule has 158 valence electrons. The molecule has 3 heterocycles. The minimum absolute atomic E-state index is 0.0546. The number of hydrogen-bond donors (Lipinski definition) is 1. The van der Waals surface area contributed by atoms with Crippen molar-refractivity contribution >= 4 is 22.8 Å². The van der Waals surface area contributed by atoms with Gasteiger partial charge in [-0.1, -0.05) is 18.5 Å². The van der Waals surface area contributed by atoms with Gasteiger partial charge in [0.25, 0.3) is 5.71 Å². The maximum Gasteiger partial charge on any atom is 0.263 e. The zero-order valence-corrected chi connectivity index (χ0v) is 17.4. The second-order valence-electron chi connectivity index (χ2n) is 7.54. The normalized spacial score (nSPS) is 14.8. The molecule has 1 aromatic carbocycles. The van der Waals surface area contributed by atoms with Crippen LogP contribution < -0.4 is 15.0 Å². The van der Waals surface area contributed by atoms with Gasteiger partial charge in [0.05, 0.1) is 7.11 Å². The number of anilines is 1. The molecule has 1 aliphatic heterocycles. The average Bonchev–Trinajstić information content (AvgIpc) is 3.24. The first-order valence-electron chi connectivity index (χ1n) is 10.5. The van der Waals surface area contributed by atoms with Crippen LogP contribution in [0.2, 0.25) is 0 Å². The fourth-order valence-electron chi connectivity index (χ4n) is 3.84. The monoisotopic (exact) mass is 409 g/mol. The Morgan fingerprint density at radius 2 is 2.00 bits per heavy atom. The van der Waals surface area contributed by atoms with Gasteiger partial charge in [-0.25, -0.2) is 4.98 Å². The van der Waals surface area contributed by atoms with Crippen molar-refractivity contribution in [3.05, 3.63) is 30.6 Å². The zero-order chi connectivity index (χ0) is 20.9. The molecular formula is C22H27N5O3. The van der Waals surface area contributed by atoms with Crippen molar-refractivity contribution in [3.8, 4) is 17.0 Å². The first-order valence-corrected chi connectivity index (χ1v) is 10.5. The number of benzene rings is 1. The highest BCUT2D eigenvalue weighted by molar-refractivity contribution is 5.98. The third-order valence-electron chi connectivity index (χ3n) is 5.61. The number of piperidine rings is 1. The SMILES string of the molecule is CCCCNC(=O)C1CCN(c2ncnc3onc(-c4ccc(OC)cc4)c23)CC1. The molecule has 0 unspecified atom stereocenters. The molecule has 30 heavy (non-hydrogen) atoms. The van der Waals surface area contributed by atoms with Crippen molar-refractivity contribution in [2.45, 2.75) is 32.6 Å². The number of carbonyl (C=O) groups is 1. The van der Waals surface area contributed by atoms with Crippen LogP contribution in [0.15, 0.2) is 35.1 Å².